The van der Waals surface area contributed by atoms with Crippen molar-refractivity contribution in [3.63, 3.8) is 0 Å². The van der Waals surface area contributed by atoms with Crippen LogP contribution >= 0.6 is 0 Å². The summed E-state index contributed by atoms with van der Waals surface area (Å²) in [6, 6.07) is 16.9. The van der Waals surface area contributed by atoms with Gasteiger partial charge in [-0.05, 0) is 55.4 Å². The third-order valence-corrected chi connectivity index (χ3v) is 7.00. The van der Waals surface area contributed by atoms with Crippen LogP contribution in [0.15, 0.2) is 54.1 Å². The third-order valence-electron chi connectivity index (χ3n) is 7.00. The summed E-state index contributed by atoms with van der Waals surface area (Å²) < 4.78 is 10.8. The molecule has 2 aromatic rings. The first-order valence-electron chi connectivity index (χ1n) is 12.0. The van der Waals surface area contributed by atoms with Gasteiger partial charge in [0.05, 0.1) is 14.2 Å². The molecule has 2 aliphatic rings. The standard InChI is InChI=1S/C28H36N2O3/c1-21(17-22-7-5-4-6-8-22)19-29-15-14-25-24(20-29)10-12-28(31)30(25)16-13-23-9-11-26(32-2)27(18-23)33-3/h4-9,11,17-18,24-25H,10,12-16,19-20H2,1-3H3/b21-17+/t24-,25+/m1/s1. The van der Waals surface area contributed by atoms with Gasteiger partial charge in [-0.25, -0.2) is 0 Å². The minimum absolute atomic E-state index is 0.310. The van der Waals surface area contributed by atoms with Crippen molar-refractivity contribution < 1.29 is 14.3 Å². The highest BCUT2D eigenvalue weighted by Crippen LogP contribution is 2.32. The first-order chi connectivity index (χ1) is 16.1. The molecule has 0 unspecified atom stereocenters. The number of methoxy groups -OCH3 is 2. The largest absolute Gasteiger partial charge is 0.493 e. The van der Waals surface area contributed by atoms with Gasteiger partial charge >= 0.3 is 0 Å². The van der Waals surface area contributed by atoms with E-state index < -0.39 is 0 Å². The predicted molar refractivity (Wildman–Crippen MR) is 133 cm³/mol. The summed E-state index contributed by atoms with van der Waals surface area (Å²) in [6.45, 7) is 6.10. The quantitative estimate of drug-likeness (QED) is 0.589. The number of hydrogen-bond donors (Lipinski definition) is 0. The van der Waals surface area contributed by atoms with E-state index >= 15 is 0 Å². The fourth-order valence-electron chi connectivity index (χ4n) is 5.38. The van der Waals surface area contributed by atoms with Crippen molar-refractivity contribution in [2.75, 3.05) is 40.4 Å². The highest BCUT2D eigenvalue weighted by molar-refractivity contribution is 5.77. The molecule has 0 aliphatic carbocycles. The van der Waals surface area contributed by atoms with Crippen molar-refractivity contribution in [2.24, 2.45) is 5.92 Å². The van der Waals surface area contributed by atoms with Gasteiger partial charge in [-0.15, -0.1) is 0 Å². The van der Waals surface area contributed by atoms with Crippen molar-refractivity contribution in [3.8, 4) is 11.5 Å². The Morgan fingerprint density at radius 3 is 2.61 bits per heavy atom. The Balaban J connectivity index is 1.35. The van der Waals surface area contributed by atoms with E-state index in [1.165, 1.54) is 16.7 Å². The summed E-state index contributed by atoms with van der Waals surface area (Å²) in [5, 5.41) is 0. The van der Waals surface area contributed by atoms with Gasteiger partial charge in [0.1, 0.15) is 0 Å². The zero-order valence-corrected chi connectivity index (χ0v) is 20.1. The van der Waals surface area contributed by atoms with Crippen LogP contribution in [-0.4, -0.2) is 62.1 Å². The number of carbonyl (C=O) groups is 1. The van der Waals surface area contributed by atoms with E-state index in [0.29, 0.717) is 24.3 Å². The molecule has 0 aromatic heterocycles. The van der Waals surface area contributed by atoms with Crippen LogP contribution in [-0.2, 0) is 11.2 Å². The second-order valence-corrected chi connectivity index (χ2v) is 9.32. The van der Waals surface area contributed by atoms with E-state index in [1.54, 1.807) is 14.2 Å². The van der Waals surface area contributed by atoms with E-state index in [2.05, 4.69) is 59.2 Å². The first-order valence-corrected chi connectivity index (χ1v) is 12.0. The third kappa shape index (κ3) is 5.77. The molecule has 5 heteroatoms. The number of rotatable bonds is 8. The number of amides is 1. The lowest BCUT2D eigenvalue weighted by Gasteiger charge is -2.47. The van der Waals surface area contributed by atoms with Crippen molar-refractivity contribution in [2.45, 2.75) is 38.6 Å². The second-order valence-electron chi connectivity index (χ2n) is 9.32. The van der Waals surface area contributed by atoms with Gasteiger partial charge in [0.2, 0.25) is 5.91 Å². The molecule has 2 saturated heterocycles. The summed E-state index contributed by atoms with van der Waals surface area (Å²) >= 11 is 0. The summed E-state index contributed by atoms with van der Waals surface area (Å²) in [6.07, 6.45) is 5.85. The summed E-state index contributed by atoms with van der Waals surface area (Å²) in [5.41, 5.74) is 3.81. The fourth-order valence-corrected chi connectivity index (χ4v) is 5.38. The summed E-state index contributed by atoms with van der Waals surface area (Å²) in [4.78, 5) is 17.5. The Morgan fingerprint density at radius 1 is 1.06 bits per heavy atom. The molecular formula is C28H36N2O3. The molecular weight excluding hydrogens is 412 g/mol. The predicted octanol–water partition coefficient (Wildman–Crippen LogP) is 4.66. The Kier molecular flexibility index (Phi) is 7.71. The highest BCUT2D eigenvalue weighted by atomic mass is 16.5. The maximum Gasteiger partial charge on any atom is 0.222 e. The van der Waals surface area contributed by atoms with Crippen molar-refractivity contribution in [1.82, 2.24) is 9.80 Å². The average molecular weight is 449 g/mol. The smallest absolute Gasteiger partial charge is 0.222 e. The van der Waals surface area contributed by atoms with Gasteiger partial charge in [-0.2, -0.15) is 0 Å². The lowest BCUT2D eigenvalue weighted by atomic mass is 9.83. The fraction of sp³-hybridized carbons (Fsp3) is 0.464. The molecule has 0 bridgehead atoms. The molecule has 5 nitrogen and oxygen atoms in total. The molecule has 33 heavy (non-hydrogen) atoms. The Labute approximate surface area is 198 Å². The Hall–Kier alpha value is -2.79. The maximum atomic E-state index is 12.8. The molecule has 2 aromatic carbocycles. The molecule has 2 heterocycles. The number of carbonyl (C=O) groups excluding carboxylic acids is 1. The number of piperidine rings is 2. The minimum atomic E-state index is 0.310. The number of fused-ring (bicyclic) bond motifs is 1. The first kappa shape index (κ1) is 23.4. The van der Waals surface area contributed by atoms with Crippen LogP contribution in [0.5, 0.6) is 11.5 Å². The summed E-state index contributed by atoms with van der Waals surface area (Å²) in [7, 11) is 3.31. The Morgan fingerprint density at radius 2 is 1.85 bits per heavy atom. The SMILES string of the molecule is COc1ccc(CCN2C(=O)CC[C@@H]3CN(C/C(C)=C/c4ccccc4)CC[C@@H]32)cc1OC. The molecule has 2 fully saturated rings. The van der Waals surface area contributed by atoms with Gasteiger partial charge in [0, 0.05) is 38.6 Å². The molecule has 176 valence electrons. The second kappa shape index (κ2) is 10.9. The number of benzene rings is 2. The minimum Gasteiger partial charge on any atom is -0.493 e. The zero-order valence-electron chi connectivity index (χ0n) is 20.1. The molecule has 0 spiro atoms. The van der Waals surface area contributed by atoms with Crippen LogP contribution in [0, 0.1) is 5.92 Å². The van der Waals surface area contributed by atoms with Crippen molar-refractivity contribution in [1.29, 1.82) is 0 Å². The summed E-state index contributed by atoms with van der Waals surface area (Å²) in [5.74, 6) is 2.35. The van der Waals surface area contributed by atoms with Crippen molar-refractivity contribution in [3.05, 3.63) is 65.2 Å². The van der Waals surface area contributed by atoms with E-state index in [0.717, 1.165) is 56.9 Å². The molecule has 1 amide bonds. The van der Waals surface area contributed by atoms with E-state index in [1.807, 2.05) is 12.1 Å². The van der Waals surface area contributed by atoms with Gasteiger partial charge in [0.15, 0.2) is 11.5 Å². The van der Waals surface area contributed by atoms with Crippen molar-refractivity contribution >= 4 is 12.0 Å². The van der Waals surface area contributed by atoms with E-state index in [-0.39, 0.29) is 0 Å². The highest BCUT2D eigenvalue weighted by Gasteiger charge is 2.38. The maximum absolute atomic E-state index is 12.8. The zero-order chi connectivity index (χ0) is 23.2. The van der Waals surface area contributed by atoms with Gasteiger partial charge in [0.25, 0.3) is 0 Å². The topological polar surface area (TPSA) is 42.0 Å². The van der Waals surface area contributed by atoms with Crippen LogP contribution in [0.25, 0.3) is 6.08 Å². The molecule has 0 saturated carbocycles. The van der Waals surface area contributed by atoms with Crippen LogP contribution in [0.3, 0.4) is 0 Å². The molecule has 4 rings (SSSR count). The molecule has 2 atom stereocenters. The lowest BCUT2D eigenvalue weighted by molar-refractivity contribution is -0.140. The lowest BCUT2D eigenvalue weighted by Crippen LogP contribution is -2.56. The number of likely N-dealkylation sites (tertiary alicyclic amines) is 2. The normalized spacial score (nSPS) is 21.6. The number of hydrogen-bond acceptors (Lipinski definition) is 4. The number of nitrogens with zero attached hydrogens (tertiary/aromatic N) is 2. The van der Waals surface area contributed by atoms with Gasteiger partial charge in [-0.1, -0.05) is 48.0 Å². The monoisotopic (exact) mass is 448 g/mol. The number of ether oxygens (including phenoxy) is 2. The van der Waals surface area contributed by atoms with E-state index in [4.69, 9.17) is 9.47 Å². The Bertz CT molecular complexity index is 972. The van der Waals surface area contributed by atoms with Crippen LogP contribution in [0.4, 0.5) is 0 Å². The molecule has 0 radical (unpaired) electrons. The van der Waals surface area contributed by atoms with Crippen LogP contribution < -0.4 is 9.47 Å². The van der Waals surface area contributed by atoms with Gasteiger partial charge < -0.3 is 14.4 Å². The average Bonchev–Trinajstić information content (AvgIpc) is 2.83. The van der Waals surface area contributed by atoms with Gasteiger partial charge in [-0.3, -0.25) is 9.69 Å². The molecule has 0 N–H and O–H groups in total. The van der Waals surface area contributed by atoms with Crippen LogP contribution in [0.1, 0.15) is 37.3 Å². The van der Waals surface area contributed by atoms with Crippen LogP contribution in [0.2, 0.25) is 0 Å². The van der Waals surface area contributed by atoms with E-state index in [9.17, 15) is 4.79 Å². The molecule has 2 aliphatic heterocycles.